The zero-order valence-corrected chi connectivity index (χ0v) is 10.7. The number of hydrogen-bond acceptors (Lipinski definition) is 3. The number of fused-ring (bicyclic) bond motifs is 1. The molecule has 4 nitrogen and oxygen atoms in total. The van der Waals surface area contributed by atoms with Gasteiger partial charge in [0, 0.05) is 35.4 Å². The lowest BCUT2D eigenvalue weighted by atomic mass is 9.98. The maximum Gasteiger partial charge on any atom is 0.228 e. The highest BCUT2D eigenvalue weighted by atomic mass is 16.1. The van der Waals surface area contributed by atoms with Crippen molar-refractivity contribution in [3.05, 3.63) is 36.7 Å². The van der Waals surface area contributed by atoms with Gasteiger partial charge < -0.3 is 10.6 Å². The number of benzene rings is 1. The lowest BCUT2D eigenvalue weighted by Gasteiger charge is -2.22. The van der Waals surface area contributed by atoms with Crippen LogP contribution in [-0.4, -0.2) is 24.0 Å². The lowest BCUT2D eigenvalue weighted by molar-refractivity contribution is -0.120. The fourth-order valence-corrected chi connectivity index (χ4v) is 2.54. The molecular weight excluding hydrogens is 238 g/mol. The molecule has 0 bridgehead atoms. The zero-order chi connectivity index (χ0) is 13.1. The Bertz CT molecular complexity index is 585. The molecule has 19 heavy (non-hydrogen) atoms. The second kappa shape index (κ2) is 5.36. The van der Waals surface area contributed by atoms with Gasteiger partial charge in [-0.2, -0.15) is 0 Å². The van der Waals surface area contributed by atoms with Crippen molar-refractivity contribution in [1.29, 1.82) is 0 Å². The van der Waals surface area contributed by atoms with Gasteiger partial charge in [-0.25, -0.2) is 0 Å². The summed E-state index contributed by atoms with van der Waals surface area (Å²) in [6, 6.07) is 7.82. The monoisotopic (exact) mass is 255 g/mol. The summed E-state index contributed by atoms with van der Waals surface area (Å²) in [5.41, 5.74) is 0.871. The number of amides is 1. The number of hydrogen-bond donors (Lipinski definition) is 2. The van der Waals surface area contributed by atoms with Crippen molar-refractivity contribution in [2.45, 2.75) is 12.8 Å². The highest BCUT2D eigenvalue weighted by Gasteiger charge is 2.21. The van der Waals surface area contributed by atoms with Crippen molar-refractivity contribution in [3.63, 3.8) is 0 Å². The summed E-state index contributed by atoms with van der Waals surface area (Å²) < 4.78 is 0. The molecule has 0 radical (unpaired) electrons. The van der Waals surface area contributed by atoms with Crippen LogP contribution in [0.25, 0.3) is 10.8 Å². The topological polar surface area (TPSA) is 54.0 Å². The van der Waals surface area contributed by atoms with Crippen LogP contribution in [0.1, 0.15) is 12.8 Å². The van der Waals surface area contributed by atoms with Crippen LogP contribution < -0.4 is 10.6 Å². The minimum absolute atomic E-state index is 0.0749. The molecular formula is C15H17N3O. The molecule has 1 saturated heterocycles. The average molecular weight is 255 g/mol. The maximum absolute atomic E-state index is 12.2. The van der Waals surface area contributed by atoms with E-state index in [1.54, 1.807) is 6.20 Å². The summed E-state index contributed by atoms with van der Waals surface area (Å²) in [4.78, 5) is 16.3. The first kappa shape index (κ1) is 12.1. The van der Waals surface area contributed by atoms with Crippen LogP contribution in [0.2, 0.25) is 0 Å². The summed E-state index contributed by atoms with van der Waals surface area (Å²) in [5.74, 6) is 0.183. The molecule has 2 N–H and O–H groups in total. The smallest absolute Gasteiger partial charge is 0.228 e. The number of pyridine rings is 1. The maximum atomic E-state index is 12.2. The first-order chi connectivity index (χ1) is 9.34. The quantitative estimate of drug-likeness (QED) is 0.864. The van der Waals surface area contributed by atoms with E-state index in [0.29, 0.717) is 0 Å². The Morgan fingerprint density at radius 2 is 2.32 bits per heavy atom. The normalized spacial score (nSPS) is 19.3. The van der Waals surface area contributed by atoms with Crippen molar-refractivity contribution in [3.8, 4) is 0 Å². The molecule has 1 aliphatic heterocycles. The number of carbonyl (C=O) groups is 1. The second-order valence-electron chi connectivity index (χ2n) is 4.93. The second-order valence-corrected chi connectivity index (χ2v) is 4.93. The number of piperidine rings is 1. The van der Waals surface area contributed by atoms with Gasteiger partial charge in [0.1, 0.15) is 0 Å². The molecule has 1 aromatic heterocycles. The van der Waals surface area contributed by atoms with E-state index in [0.717, 1.165) is 42.4 Å². The van der Waals surface area contributed by atoms with E-state index in [-0.39, 0.29) is 11.8 Å². The van der Waals surface area contributed by atoms with Crippen molar-refractivity contribution in [1.82, 2.24) is 10.3 Å². The van der Waals surface area contributed by atoms with Crippen molar-refractivity contribution >= 4 is 22.4 Å². The first-order valence-electron chi connectivity index (χ1n) is 6.69. The standard InChI is InChI=1S/C15H17N3O/c19-15(12-4-2-7-16-10-12)18-14-5-1-3-11-9-17-8-6-13(11)14/h1,3,5-6,8-9,12,16H,2,4,7,10H2,(H,18,19). The van der Waals surface area contributed by atoms with E-state index in [1.165, 1.54) is 0 Å². The number of nitrogens with zero attached hydrogens (tertiary/aromatic N) is 1. The molecule has 1 fully saturated rings. The molecule has 3 rings (SSSR count). The van der Waals surface area contributed by atoms with Gasteiger partial charge in [0.15, 0.2) is 0 Å². The molecule has 2 aromatic rings. The Hall–Kier alpha value is -1.94. The van der Waals surface area contributed by atoms with Crippen LogP contribution in [0.15, 0.2) is 36.7 Å². The molecule has 0 spiro atoms. The Morgan fingerprint density at radius 1 is 1.37 bits per heavy atom. The Labute approximate surface area is 112 Å². The molecule has 1 amide bonds. The molecule has 0 aliphatic carbocycles. The third-order valence-corrected chi connectivity index (χ3v) is 3.61. The largest absolute Gasteiger partial charge is 0.325 e. The number of nitrogens with one attached hydrogen (secondary N) is 2. The van der Waals surface area contributed by atoms with Gasteiger partial charge in [0.25, 0.3) is 0 Å². The SMILES string of the molecule is O=C(Nc1cccc2cnccc12)C1CCCNC1. The van der Waals surface area contributed by atoms with Gasteiger partial charge in [-0.3, -0.25) is 9.78 Å². The molecule has 1 aromatic carbocycles. The van der Waals surface area contributed by atoms with Gasteiger partial charge >= 0.3 is 0 Å². The number of carbonyl (C=O) groups excluding carboxylic acids is 1. The Balaban J connectivity index is 1.82. The molecule has 0 saturated carbocycles. The van der Waals surface area contributed by atoms with Crippen LogP contribution in [0.5, 0.6) is 0 Å². The predicted molar refractivity (Wildman–Crippen MR) is 76.0 cm³/mol. The van der Waals surface area contributed by atoms with Crippen molar-refractivity contribution in [2.24, 2.45) is 5.92 Å². The van der Waals surface area contributed by atoms with E-state index < -0.39 is 0 Å². The van der Waals surface area contributed by atoms with Gasteiger partial charge in [0.05, 0.1) is 5.92 Å². The number of anilines is 1. The molecule has 1 unspecified atom stereocenters. The summed E-state index contributed by atoms with van der Waals surface area (Å²) in [6.07, 6.45) is 5.59. The van der Waals surface area contributed by atoms with Gasteiger partial charge in [0.2, 0.25) is 5.91 Å². The molecule has 1 aliphatic rings. The molecule has 98 valence electrons. The predicted octanol–water partition coefficient (Wildman–Crippen LogP) is 2.17. The van der Waals surface area contributed by atoms with E-state index in [1.807, 2.05) is 30.5 Å². The van der Waals surface area contributed by atoms with Crippen LogP contribution in [0, 0.1) is 5.92 Å². The van der Waals surface area contributed by atoms with Crippen LogP contribution in [0.3, 0.4) is 0 Å². The van der Waals surface area contributed by atoms with Crippen molar-refractivity contribution in [2.75, 3.05) is 18.4 Å². The van der Waals surface area contributed by atoms with Crippen LogP contribution in [0.4, 0.5) is 5.69 Å². The zero-order valence-electron chi connectivity index (χ0n) is 10.7. The van der Waals surface area contributed by atoms with E-state index in [4.69, 9.17) is 0 Å². The van der Waals surface area contributed by atoms with Gasteiger partial charge in [-0.1, -0.05) is 12.1 Å². The fourth-order valence-electron chi connectivity index (χ4n) is 2.54. The molecule has 4 heteroatoms. The third kappa shape index (κ3) is 2.58. The van der Waals surface area contributed by atoms with Gasteiger partial charge in [-0.15, -0.1) is 0 Å². The van der Waals surface area contributed by atoms with E-state index in [2.05, 4.69) is 15.6 Å². The summed E-state index contributed by atoms with van der Waals surface area (Å²) in [7, 11) is 0. The minimum atomic E-state index is 0.0749. The highest BCUT2D eigenvalue weighted by molar-refractivity contribution is 6.02. The summed E-state index contributed by atoms with van der Waals surface area (Å²) in [5, 5.41) is 8.40. The lowest BCUT2D eigenvalue weighted by Crippen LogP contribution is -2.37. The minimum Gasteiger partial charge on any atom is -0.325 e. The number of rotatable bonds is 2. The Kier molecular flexibility index (Phi) is 3.42. The van der Waals surface area contributed by atoms with E-state index in [9.17, 15) is 4.79 Å². The van der Waals surface area contributed by atoms with Crippen LogP contribution >= 0.6 is 0 Å². The Morgan fingerprint density at radius 3 is 3.16 bits per heavy atom. The molecule has 1 atom stereocenters. The fraction of sp³-hybridized carbons (Fsp3) is 0.333. The van der Waals surface area contributed by atoms with E-state index >= 15 is 0 Å². The third-order valence-electron chi connectivity index (χ3n) is 3.61. The summed E-state index contributed by atoms with van der Waals surface area (Å²) in [6.45, 7) is 1.79. The molecule has 2 heterocycles. The first-order valence-corrected chi connectivity index (χ1v) is 6.69. The van der Waals surface area contributed by atoms with Gasteiger partial charge in [-0.05, 0) is 31.5 Å². The highest BCUT2D eigenvalue weighted by Crippen LogP contribution is 2.23. The summed E-state index contributed by atoms with van der Waals surface area (Å²) >= 11 is 0. The number of aromatic nitrogens is 1. The van der Waals surface area contributed by atoms with Crippen LogP contribution in [-0.2, 0) is 4.79 Å². The van der Waals surface area contributed by atoms with Crippen molar-refractivity contribution < 1.29 is 4.79 Å². The average Bonchev–Trinajstić information content (AvgIpc) is 2.48.